The number of likely N-dealkylation sites (tertiary alicyclic amines) is 1. The zero-order chi connectivity index (χ0) is 14.8. The fraction of sp³-hybridized carbons (Fsp3) is 0.533. The maximum Gasteiger partial charge on any atom is 0.179 e. The lowest BCUT2D eigenvalue weighted by atomic mass is 9.94. The molecular formula is C15H19F2NO2. The van der Waals surface area contributed by atoms with Gasteiger partial charge >= 0.3 is 0 Å². The van der Waals surface area contributed by atoms with E-state index in [-0.39, 0.29) is 17.7 Å². The van der Waals surface area contributed by atoms with Crippen LogP contribution in [0, 0.1) is 11.6 Å². The van der Waals surface area contributed by atoms with Crippen LogP contribution in [0.1, 0.15) is 30.1 Å². The highest BCUT2D eigenvalue weighted by Crippen LogP contribution is 2.24. The summed E-state index contributed by atoms with van der Waals surface area (Å²) in [7, 11) is 1.65. The molecule has 0 spiro atoms. The summed E-state index contributed by atoms with van der Waals surface area (Å²) in [4.78, 5) is 14.0. The van der Waals surface area contributed by atoms with Crippen molar-refractivity contribution < 1.29 is 18.3 Å². The number of hydrogen-bond acceptors (Lipinski definition) is 3. The van der Waals surface area contributed by atoms with Crippen molar-refractivity contribution in [3.63, 3.8) is 0 Å². The van der Waals surface area contributed by atoms with E-state index in [9.17, 15) is 13.6 Å². The lowest BCUT2D eigenvalue weighted by Crippen LogP contribution is -2.48. The van der Waals surface area contributed by atoms with Crippen LogP contribution in [0.5, 0.6) is 0 Å². The molecule has 1 aliphatic rings. The number of benzene rings is 1. The molecule has 0 saturated carbocycles. The van der Waals surface area contributed by atoms with E-state index in [1.807, 2.05) is 11.8 Å². The summed E-state index contributed by atoms with van der Waals surface area (Å²) in [6.07, 6.45) is 1.85. The molecule has 1 aromatic carbocycles. The normalized spacial score (nSPS) is 23.8. The molecule has 0 bridgehead atoms. The first kappa shape index (κ1) is 15.1. The molecule has 0 N–H and O–H groups in total. The summed E-state index contributed by atoms with van der Waals surface area (Å²) >= 11 is 0. The second-order valence-electron chi connectivity index (χ2n) is 5.52. The van der Waals surface area contributed by atoms with Gasteiger partial charge in [0.15, 0.2) is 5.78 Å². The van der Waals surface area contributed by atoms with E-state index in [1.54, 1.807) is 7.11 Å². The Balaban J connectivity index is 2.06. The van der Waals surface area contributed by atoms with E-state index in [4.69, 9.17) is 4.74 Å². The summed E-state index contributed by atoms with van der Waals surface area (Å²) in [5, 5.41) is 0. The van der Waals surface area contributed by atoms with E-state index in [2.05, 4.69) is 0 Å². The standard InChI is InChI=1S/C15H19F2NO2/c1-15(20-2)6-3-7-18(10-15)9-14(19)12-8-11(16)4-5-13(12)17/h4-5,8H,3,6-7,9-10H2,1-2H3. The molecule has 1 unspecified atom stereocenters. The SMILES string of the molecule is COC1(C)CCCN(CC(=O)c2cc(F)ccc2F)C1. The summed E-state index contributed by atoms with van der Waals surface area (Å²) in [5.41, 5.74) is -0.464. The minimum absolute atomic E-state index is 0.0827. The van der Waals surface area contributed by atoms with Crippen molar-refractivity contribution in [3.05, 3.63) is 35.4 Å². The number of ether oxygens (including phenoxy) is 1. The Bertz CT molecular complexity index is 507. The zero-order valence-electron chi connectivity index (χ0n) is 11.8. The predicted octanol–water partition coefficient (Wildman–Crippen LogP) is 2.65. The fourth-order valence-electron chi connectivity index (χ4n) is 2.61. The van der Waals surface area contributed by atoms with Crippen molar-refractivity contribution in [2.24, 2.45) is 0 Å². The van der Waals surface area contributed by atoms with Crippen LogP contribution in [0.4, 0.5) is 8.78 Å². The van der Waals surface area contributed by atoms with Gasteiger partial charge in [0.2, 0.25) is 0 Å². The number of piperidine rings is 1. The van der Waals surface area contributed by atoms with Gasteiger partial charge in [-0.25, -0.2) is 8.78 Å². The summed E-state index contributed by atoms with van der Waals surface area (Å²) in [6, 6.07) is 2.95. The Kier molecular flexibility index (Phi) is 4.50. The van der Waals surface area contributed by atoms with Crippen molar-refractivity contribution >= 4 is 5.78 Å². The summed E-state index contributed by atoms with van der Waals surface area (Å²) < 4.78 is 32.1. The van der Waals surface area contributed by atoms with Gasteiger partial charge in [-0.05, 0) is 44.5 Å². The van der Waals surface area contributed by atoms with Gasteiger partial charge in [0.05, 0.1) is 17.7 Å². The van der Waals surface area contributed by atoms with Crippen molar-refractivity contribution in [2.75, 3.05) is 26.7 Å². The Morgan fingerprint density at radius 3 is 2.90 bits per heavy atom. The van der Waals surface area contributed by atoms with Gasteiger partial charge in [0.25, 0.3) is 0 Å². The molecule has 1 fully saturated rings. The number of rotatable bonds is 4. The van der Waals surface area contributed by atoms with Gasteiger partial charge in [-0.15, -0.1) is 0 Å². The van der Waals surface area contributed by atoms with Gasteiger partial charge in [0, 0.05) is 13.7 Å². The molecule has 1 aromatic rings. The maximum atomic E-state index is 13.6. The molecule has 5 heteroatoms. The Morgan fingerprint density at radius 2 is 2.20 bits per heavy atom. The highest BCUT2D eigenvalue weighted by molar-refractivity contribution is 5.97. The van der Waals surface area contributed by atoms with Crippen LogP contribution >= 0.6 is 0 Å². The fourth-order valence-corrected chi connectivity index (χ4v) is 2.61. The van der Waals surface area contributed by atoms with Gasteiger partial charge in [-0.1, -0.05) is 0 Å². The lowest BCUT2D eigenvalue weighted by molar-refractivity contribution is -0.0485. The third-order valence-corrected chi connectivity index (χ3v) is 3.83. The number of nitrogens with zero attached hydrogens (tertiary/aromatic N) is 1. The second kappa shape index (κ2) is 5.97. The van der Waals surface area contributed by atoms with Crippen molar-refractivity contribution in [3.8, 4) is 0 Å². The minimum atomic E-state index is -0.678. The first-order valence-electron chi connectivity index (χ1n) is 6.69. The molecule has 0 amide bonds. The molecule has 2 rings (SSSR count). The quantitative estimate of drug-likeness (QED) is 0.796. The van der Waals surface area contributed by atoms with Crippen molar-refractivity contribution in [1.82, 2.24) is 4.90 Å². The Hall–Kier alpha value is -1.33. The smallest absolute Gasteiger partial charge is 0.179 e. The molecule has 1 atom stereocenters. The van der Waals surface area contributed by atoms with E-state index in [0.717, 1.165) is 37.6 Å². The number of Topliss-reactive ketones (excluding diaryl/α,β-unsaturated/α-hetero) is 1. The van der Waals surface area contributed by atoms with Gasteiger partial charge < -0.3 is 4.74 Å². The van der Waals surface area contributed by atoms with Crippen LogP contribution in [0.15, 0.2) is 18.2 Å². The molecule has 1 heterocycles. The second-order valence-corrected chi connectivity index (χ2v) is 5.52. The average Bonchev–Trinajstić information content (AvgIpc) is 2.41. The van der Waals surface area contributed by atoms with E-state index >= 15 is 0 Å². The maximum absolute atomic E-state index is 13.6. The first-order chi connectivity index (χ1) is 9.43. The Labute approximate surface area is 117 Å². The number of carbonyl (C=O) groups excluding carboxylic acids is 1. The number of halogens is 2. The number of hydrogen-bond donors (Lipinski definition) is 0. The molecule has 1 aliphatic heterocycles. The predicted molar refractivity (Wildman–Crippen MR) is 71.8 cm³/mol. The highest BCUT2D eigenvalue weighted by atomic mass is 19.1. The zero-order valence-corrected chi connectivity index (χ0v) is 11.8. The van der Waals surface area contributed by atoms with Crippen LogP contribution in [0.2, 0.25) is 0 Å². The summed E-state index contributed by atoms with van der Waals surface area (Å²) in [6.45, 7) is 3.46. The van der Waals surface area contributed by atoms with Gasteiger partial charge in [-0.2, -0.15) is 0 Å². The van der Waals surface area contributed by atoms with E-state index < -0.39 is 17.4 Å². The van der Waals surface area contributed by atoms with E-state index in [1.165, 1.54) is 0 Å². The topological polar surface area (TPSA) is 29.5 Å². The van der Waals surface area contributed by atoms with Crippen LogP contribution < -0.4 is 0 Å². The third-order valence-electron chi connectivity index (χ3n) is 3.83. The summed E-state index contributed by atoms with van der Waals surface area (Å²) in [5.74, 6) is -1.68. The van der Waals surface area contributed by atoms with Crippen LogP contribution in [0.25, 0.3) is 0 Å². The first-order valence-corrected chi connectivity index (χ1v) is 6.69. The highest BCUT2D eigenvalue weighted by Gasteiger charge is 2.31. The third kappa shape index (κ3) is 3.41. The van der Waals surface area contributed by atoms with Gasteiger partial charge in [-0.3, -0.25) is 9.69 Å². The molecule has 3 nitrogen and oxygen atoms in total. The monoisotopic (exact) mass is 283 g/mol. The van der Waals surface area contributed by atoms with Crippen LogP contribution in [-0.2, 0) is 4.74 Å². The molecule has 0 aromatic heterocycles. The molecule has 20 heavy (non-hydrogen) atoms. The van der Waals surface area contributed by atoms with Crippen molar-refractivity contribution in [1.29, 1.82) is 0 Å². The molecular weight excluding hydrogens is 264 g/mol. The van der Waals surface area contributed by atoms with E-state index in [0.29, 0.717) is 6.54 Å². The largest absolute Gasteiger partial charge is 0.377 e. The average molecular weight is 283 g/mol. The Morgan fingerprint density at radius 1 is 1.45 bits per heavy atom. The number of carbonyl (C=O) groups is 1. The number of methoxy groups -OCH3 is 1. The van der Waals surface area contributed by atoms with Crippen LogP contribution in [-0.4, -0.2) is 43.0 Å². The molecule has 110 valence electrons. The number of ketones is 1. The van der Waals surface area contributed by atoms with Crippen molar-refractivity contribution in [2.45, 2.75) is 25.4 Å². The minimum Gasteiger partial charge on any atom is -0.377 e. The molecule has 0 radical (unpaired) electrons. The molecule has 0 aliphatic carbocycles. The molecule has 1 saturated heterocycles. The van der Waals surface area contributed by atoms with Crippen LogP contribution in [0.3, 0.4) is 0 Å². The van der Waals surface area contributed by atoms with Gasteiger partial charge in [0.1, 0.15) is 11.6 Å². The lowest BCUT2D eigenvalue weighted by Gasteiger charge is -2.39.